The number of carbonyl (C=O) groups is 1. The van der Waals surface area contributed by atoms with Crippen molar-refractivity contribution in [3.63, 3.8) is 0 Å². The highest BCUT2D eigenvalue weighted by molar-refractivity contribution is 5.93. The maximum absolute atomic E-state index is 12.8. The van der Waals surface area contributed by atoms with E-state index in [1.165, 1.54) is 18.3 Å². The molecule has 0 aliphatic heterocycles. The van der Waals surface area contributed by atoms with Gasteiger partial charge in [0.2, 0.25) is 5.95 Å². The van der Waals surface area contributed by atoms with Crippen molar-refractivity contribution < 1.29 is 9.18 Å². The van der Waals surface area contributed by atoms with Gasteiger partial charge in [0, 0.05) is 18.4 Å². The molecule has 0 bridgehead atoms. The van der Waals surface area contributed by atoms with Crippen LogP contribution in [0, 0.1) is 12.9 Å². The van der Waals surface area contributed by atoms with E-state index in [1.54, 1.807) is 4.90 Å². The Kier molecular flexibility index (Phi) is 4.40. The van der Waals surface area contributed by atoms with Crippen molar-refractivity contribution in [1.82, 2.24) is 14.9 Å². The molecule has 2 rings (SSSR count). The first-order valence-electron chi connectivity index (χ1n) is 6.43. The maximum Gasteiger partial charge on any atom is 0.255 e. The number of amides is 1. The Labute approximate surface area is 117 Å². The van der Waals surface area contributed by atoms with Crippen LogP contribution in [0.25, 0.3) is 0 Å². The van der Waals surface area contributed by atoms with E-state index in [9.17, 15) is 9.18 Å². The van der Waals surface area contributed by atoms with Crippen LogP contribution in [-0.4, -0.2) is 27.3 Å². The Hall–Kier alpha value is -2.30. The Morgan fingerprint density at radius 3 is 2.70 bits per heavy atom. The number of carbonyl (C=O) groups excluding carboxylic acids is 1. The molecule has 0 aliphatic carbocycles. The molecule has 0 spiro atoms. The van der Waals surface area contributed by atoms with E-state index in [0.29, 0.717) is 18.7 Å². The van der Waals surface area contributed by atoms with Crippen molar-refractivity contribution in [3.05, 3.63) is 59.4 Å². The van der Waals surface area contributed by atoms with Crippen LogP contribution in [-0.2, 0) is 6.54 Å². The lowest BCUT2D eigenvalue weighted by Gasteiger charge is -2.20. The molecule has 104 valence electrons. The second kappa shape index (κ2) is 6.23. The first-order chi connectivity index (χ1) is 9.60. The minimum absolute atomic E-state index is 0.177. The van der Waals surface area contributed by atoms with Crippen molar-refractivity contribution in [3.8, 4) is 0 Å². The van der Waals surface area contributed by atoms with E-state index in [0.717, 1.165) is 11.4 Å². The smallest absolute Gasteiger partial charge is 0.255 e. The largest absolute Gasteiger partial charge is 0.333 e. The fourth-order valence-corrected chi connectivity index (χ4v) is 1.90. The van der Waals surface area contributed by atoms with Gasteiger partial charge in [-0.3, -0.25) is 9.78 Å². The second-order valence-corrected chi connectivity index (χ2v) is 4.46. The van der Waals surface area contributed by atoms with Gasteiger partial charge in [-0.2, -0.15) is 4.39 Å². The van der Waals surface area contributed by atoms with Gasteiger partial charge < -0.3 is 4.90 Å². The van der Waals surface area contributed by atoms with Crippen LogP contribution >= 0.6 is 0 Å². The van der Waals surface area contributed by atoms with Gasteiger partial charge >= 0.3 is 0 Å². The molecule has 0 atom stereocenters. The van der Waals surface area contributed by atoms with Crippen LogP contribution in [0.4, 0.5) is 4.39 Å². The number of nitrogens with zero attached hydrogens (tertiary/aromatic N) is 3. The van der Waals surface area contributed by atoms with Gasteiger partial charge in [-0.05, 0) is 38.1 Å². The zero-order valence-corrected chi connectivity index (χ0v) is 11.5. The van der Waals surface area contributed by atoms with Gasteiger partial charge in [0.25, 0.3) is 5.91 Å². The molecule has 0 radical (unpaired) electrons. The monoisotopic (exact) mass is 273 g/mol. The van der Waals surface area contributed by atoms with Gasteiger partial charge in [-0.15, -0.1) is 0 Å². The highest BCUT2D eigenvalue weighted by Crippen LogP contribution is 2.09. The number of hydrogen-bond donors (Lipinski definition) is 0. The Balaban J connectivity index is 2.15. The van der Waals surface area contributed by atoms with Crippen LogP contribution in [0.3, 0.4) is 0 Å². The molecule has 0 saturated carbocycles. The first-order valence-corrected chi connectivity index (χ1v) is 6.43. The molecule has 20 heavy (non-hydrogen) atoms. The quantitative estimate of drug-likeness (QED) is 0.804. The van der Waals surface area contributed by atoms with E-state index < -0.39 is 5.95 Å². The van der Waals surface area contributed by atoms with Crippen molar-refractivity contribution in [2.75, 3.05) is 6.54 Å². The number of hydrogen-bond acceptors (Lipinski definition) is 3. The SMILES string of the molecule is CCN(Cc1cccc(C)n1)C(=O)c1ccc(F)nc1. The third-order valence-corrected chi connectivity index (χ3v) is 2.94. The summed E-state index contributed by atoms with van der Waals surface area (Å²) in [4.78, 5) is 21.9. The molecule has 0 aromatic carbocycles. The summed E-state index contributed by atoms with van der Waals surface area (Å²) in [6.07, 6.45) is 1.25. The molecule has 0 saturated heterocycles. The van der Waals surface area contributed by atoms with Gasteiger partial charge in [0.15, 0.2) is 0 Å². The second-order valence-electron chi connectivity index (χ2n) is 4.46. The standard InChI is InChI=1S/C15H16FN3O/c1-3-19(10-13-6-4-5-11(2)18-13)15(20)12-7-8-14(16)17-9-12/h4-9H,3,10H2,1-2H3. The zero-order chi connectivity index (χ0) is 14.5. The highest BCUT2D eigenvalue weighted by atomic mass is 19.1. The lowest BCUT2D eigenvalue weighted by molar-refractivity contribution is 0.0750. The summed E-state index contributed by atoms with van der Waals surface area (Å²) in [6, 6.07) is 8.33. The van der Waals surface area contributed by atoms with Gasteiger partial charge in [0.1, 0.15) is 0 Å². The predicted molar refractivity (Wildman–Crippen MR) is 73.6 cm³/mol. The lowest BCUT2D eigenvalue weighted by atomic mass is 10.2. The van der Waals surface area contributed by atoms with Crippen molar-refractivity contribution in [2.24, 2.45) is 0 Å². The Morgan fingerprint density at radius 1 is 1.30 bits per heavy atom. The molecule has 4 nitrogen and oxygen atoms in total. The molecule has 0 N–H and O–H groups in total. The molecular formula is C15H16FN3O. The molecule has 2 aromatic heterocycles. The molecule has 1 amide bonds. The third kappa shape index (κ3) is 3.38. The average Bonchev–Trinajstić information content (AvgIpc) is 2.45. The first kappa shape index (κ1) is 14.1. The molecule has 0 unspecified atom stereocenters. The molecule has 0 aliphatic rings. The topological polar surface area (TPSA) is 46.1 Å². The lowest BCUT2D eigenvalue weighted by Crippen LogP contribution is -2.30. The summed E-state index contributed by atoms with van der Waals surface area (Å²) in [5.74, 6) is -0.770. The minimum atomic E-state index is -0.593. The van der Waals surface area contributed by atoms with Crippen LogP contribution in [0.1, 0.15) is 28.7 Å². The number of halogens is 1. The predicted octanol–water partition coefficient (Wildman–Crippen LogP) is 2.59. The molecular weight excluding hydrogens is 257 g/mol. The van der Waals surface area contributed by atoms with Crippen LogP contribution < -0.4 is 0 Å². The van der Waals surface area contributed by atoms with Gasteiger partial charge in [0.05, 0.1) is 17.8 Å². The number of rotatable bonds is 4. The van der Waals surface area contributed by atoms with E-state index in [4.69, 9.17) is 0 Å². The van der Waals surface area contributed by atoms with Gasteiger partial charge in [-0.25, -0.2) is 4.98 Å². The highest BCUT2D eigenvalue weighted by Gasteiger charge is 2.15. The maximum atomic E-state index is 12.8. The Morgan fingerprint density at radius 2 is 2.10 bits per heavy atom. The summed E-state index contributed by atoms with van der Waals surface area (Å²) in [5, 5.41) is 0. The normalized spacial score (nSPS) is 10.3. The van der Waals surface area contributed by atoms with Crippen LogP contribution in [0.5, 0.6) is 0 Å². The Bertz CT molecular complexity index is 598. The van der Waals surface area contributed by atoms with Crippen molar-refractivity contribution in [2.45, 2.75) is 20.4 Å². The van der Waals surface area contributed by atoms with E-state index >= 15 is 0 Å². The summed E-state index contributed by atoms with van der Waals surface area (Å²) in [7, 11) is 0. The fraction of sp³-hybridized carbons (Fsp3) is 0.267. The van der Waals surface area contributed by atoms with E-state index in [-0.39, 0.29) is 5.91 Å². The van der Waals surface area contributed by atoms with Crippen LogP contribution in [0.15, 0.2) is 36.5 Å². The molecule has 2 heterocycles. The minimum Gasteiger partial charge on any atom is -0.333 e. The third-order valence-electron chi connectivity index (χ3n) is 2.94. The van der Waals surface area contributed by atoms with E-state index in [2.05, 4.69) is 9.97 Å². The van der Waals surface area contributed by atoms with Crippen molar-refractivity contribution >= 4 is 5.91 Å². The van der Waals surface area contributed by atoms with Gasteiger partial charge in [-0.1, -0.05) is 6.07 Å². The fourth-order valence-electron chi connectivity index (χ4n) is 1.90. The molecule has 2 aromatic rings. The average molecular weight is 273 g/mol. The number of aromatic nitrogens is 2. The molecule has 5 heteroatoms. The summed E-state index contributed by atoms with van der Waals surface area (Å²) >= 11 is 0. The summed E-state index contributed by atoms with van der Waals surface area (Å²) < 4.78 is 12.8. The van der Waals surface area contributed by atoms with Crippen molar-refractivity contribution in [1.29, 1.82) is 0 Å². The number of pyridine rings is 2. The van der Waals surface area contributed by atoms with E-state index in [1.807, 2.05) is 32.0 Å². The zero-order valence-electron chi connectivity index (χ0n) is 11.5. The summed E-state index contributed by atoms with van der Waals surface area (Å²) in [5.41, 5.74) is 2.12. The van der Waals surface area contributed by atoms with Crippen LogP contribution in [0.2, 0.25) is 0 Å². The number of aryl methyl sites for hydroxylation is 1. The summed E-state index contributed by atoms with van der Waals surface area (Å²) in [6.45, 7) is 4.77. The molecule has 0 fully saturated rings.